The zero-order valence-corrected chi connectivity index (χ0v) is 13.7. The number of benzene rings is 2. The smallest absolute Gasteiger partial charge is 0.251 e. The largest absolute Gasteiger partial charge is 0.345 e. The third-order valence-corrected chi connectivity index (χ3v) is 4.64. The Morgan fingerprint density at radius 1 is 1.04 bits per heavy atom. The van der Waals surface area contributed by atoms with Crippen LogP contribution in [0.4, 0.5) is 0 Å². The molecule has 4 rings (SSSR count). The summed E-state index contributed by atoms with van der Waals surface area (Å²) in [5.41, 5.74) is 4.53. The maximum absolute atomic E-state index is 12.6. The first-order valence-electron chi connectivity index (χ1n) is 7.99. The molecule has 2 aliphatic rings. The summed E-state index contributed by atoms with van der Waals surface area (Å²) in [5.74, 6) is 0.623. The first-order chi connectivity index (χ1) is 10.8. The number of carbonyl (C=O) groups is 1. The fourth-order valence-corrected chi connectivity index (χ4v) is 3.22. The number of nitrogens with one attached hydrogen (secondary N) is 2. The SMILES string of the molecule is Cl.O=C(NC(c1ccccc1)C1CC1)c1ccc2c(c1)CNC2. The number of fused-ring (bicyclic) bond motifs is 1. The lowest BCUT2D eigenvalue weighted by Crippen LogP contribution is -2.30. The summed E-state index contributed by atoms with van der Waals surface area (Å²) in [6.07, 6.45) is 2.40. The van der Waals surface area contributed by atoms with Crippen LogP contribution in [0.2, 0.25) is 0 Å². The Hall–Kier alpha value is -1.84. The number of amides is 1. The average molecular weight is 329 g/mol. The highest BCUT2D eigenvalue weighted by atomic mass is 35.5. The summed E-state index contributed by atoms with van der Waals surface area (Å²) in [7, 11) is 0. The molecule has 0 spiro atoms. The quantitative estimate of drug-likeness (QED) is 0.900. The van der Waals surface area contributed by atoms with Gasteiger partial charge in [-0.2, -0.15) is 0 Å². The Balaban J connectivity index is 0.00000156. The van der Waals surface area contributed by atoms with Crippen LogP contribution in [0.25, 0.3) is 0 Å². The number of carbonyl (C=O) groups excluding carboxylic acids is 1. The molecule has 1 heterocycles. The van der Waals surface area contributed by atoms with E-state index in [0.717, 1.165) is 18.7 Å². The van der Waals surface area contributed by atoms with Crippen LogP contribution < -0.4 is 10.6 Å². The van der Waals surface area contributed by atoms with Gasteiger partial charge in [-0.3, -0.25) is 4.79 Å². The van der Waals surface area contributed by atoms with Gasteiger partial charge in [0.05, 0.1) is 6.04 Å². The summed E-state index contributed by atoms with van der Waals surface area (Å²) in [6.45, 7) is 1.77. The third-order valence-electron chi connectivity index (χ3n) is 4.64. The van der Waals surface area contributed by atoms with Gasteiger partial charge >= 0.3 is 0 Å². The van der Waals surface area contributed by atoms with Gasteiger partial charge in [-0.15, -0.1) is 12.4 Å². The highest BCUT2D eigenvalue weighted by Gasteiger charge is 2.33. The summed E-state index contributed by atoms with van der Waals surface area (Å²) in [5, 5.41) is 6.56. The maximum atomic E-state index is 12.6. The summed E-state index contributed by atoms with van der Waals surface area (Å²) < 4.78 is 0. The van der Waals surface area contributed by atoms with Gasteiger partial charge in [0, 0.05) is 18.7 Å². The van der Waals surface area contributed by atoms with Crippen LogP contribution >= 0.6 is 12.4 Å². The zero-order chi connectivity index (χ0) is 14.9. The summed E-state index contributed by atoms with van der Waals surface area (Å²) in [4.78, 5) is 12.6. The van der Waals surface area contributed by atoms with Crippen molar-refractivity contribution in [3.63, 3.8) is 0 Å². The molecule has 1 unspecified atom stereocenters. The van der Waals surface area contributed by atoms with E-state index in [4.69, 9.17) is 0 Å². The molecule has 0 saturated heterocycles. The maximum Gasteiger partial charge on any atom is 0.251 e. The molecule has 1 aliphatic carbocycles. The molecule has 1 fully saturated rings. The molecular weight excluding hydrogens is 308 g/mol. The van der Waals surface area contributed by atoms with Crippen LogP contribution in [0.1, 0.15) is 45.9 Å². The summed E-state index contributed by atoms with van der Waals surface area (Å²) >= 11 is 0. The molecule has 23 heavy (non-hydrogen) atoms. The lowest BCUT2D eigenvalue weighted by molar-refractivity contribution is 0.0931. The molecule has 1 atom stereocenters. The first kappa shape index (κ1) is 16.0. The number of hydrogen-bond acceptors (Lipinski definition) is 2. The van der Waals surface area contributed by atoms with Crippen molar-refractivity contribution in [2.75, 3.05) is 0 Å². The molecule has 1 aliphatic heterocycles. The number of halogens is 1. The molecule has 2 aromatic carbocycles. The van der Waals surface area contributed by atoms with E-state index >= 15 is 0 Å². The number of hydrogen-bond donors (Lipinski definition) is 2. The van der Waals surface area contributed by atoms with Crippen molar-refractivity contribution < 1.29 is 4.79 Å². The van der Waals surface area contributed by atoms with Gasteiger partial charge in [0.25, 0.3) is 5.91 Å². The summed E-state index contributed by atoms with van der Waals surface area (Å²) in [6, 6.07) is 16.5. The normalized spacial score (nSPS) is 17.0. The Labute approximate surface area is 142 Å². The van der Waals surface area contributed by atoms with Crippen LogP contribution in [0.15, 0.2) is 48.5 Å². The molecule has 4 heteroatoms. The highest BCUT2D eigenvalue weighted by molar-refractivity contribution is 5.94. The van der Waals surface area contributed by atoms with Crippen molar-refractivity contribution in [3.8, 4) is 0 Å². The van der Waals surface area contributed by atoms with E-state index in [1.165, 1.54) is 29.5 Å². The standard InChI is InChI=1S/C19H20N2O.ClH/c22-19(15-8-9-16-11-20-12-17(16)10-15)21-18(14-6-7-14)13-4-2-1-3-5-13;/h1-5,8-10,14,18,20H,6-7,11-12H2,(H,21,22);1H. The molecular formula is C19H21ClN2O. The minimum atomic E-state index is 0. The van der Waals surface area contributed by atoms with E-state index < -0.39 is 0 Å². The Bertz CT molecular complexity index is 698. The number of rotatable bonds is 4. The van der Waals surface area contributed by atoms with Crippen molar-refractivity contribution >= 4 is 18.3 Å². The lowest BCUT2D eigenvalue weighted by atomic mass is 10.0. The van der Waals surface area contributed by atoms with Crippen LogP contribution in [0, 0.1) is 5.92 Å². The van der Waals surface area contributed by atoms with Crippen LogP contribution in [-0.2, 0) is 13.1 Å². The van der Waals surface area contributed by atoms with Gasteiger partial charge in [0.15, 0.2) is 0 Å². The molecule has 2 N–H and O–H groups in total. The molecule has 0 aromatic heterocycles. The van der Waals surface area contributed by atoms with E-state index in [2.05, 4.69) is 28.8 Å². The zero-order valence-electron chi connectivity index (χ0n) is 12.9. The van der Waals surface area contributed by atoms with E-state index in [9.17, 15) is 4.79 Å². The predicted molar refractivity (Wildman–Crippen MR) is 93.6 cm³/mol. The van der Waals surface area contributed by atoms with Crippen LogP contribution in [-0.4, -0.2) is 5.91 Å². The van der Waals surface area contributed by atoms with E-state index in [1.54, 1.807) is 0 Å². The molecule has 3 nitrogen and oxygen atoms in total. The average Bonchev–Trinajstić information content (AvgIpc) is 3.29. The second-order valence-corrected chi connectivity index (χ2v) is 6.29. The molecule has 0 radical (unpaired) electrons. The molecule has 2 aromatic rings. The fraction of sp³-hybridized carbons (Fsp3) is 0.316. The lowest BCUT2D eigenvalue weighted by Gasteiger charge is -2.19. The first-order valence-corrected chi connectivity index (χ1v) is 7.99. The van der Waals surface area contributed by atoms with Crippen molar-refractivity contribution in [1.82, 2.24) is 10.6 Å². The van der Waals surface area contributed by atoms with Crippen molar-refractivity contribution in [2.45, 2.75) is 32.0 Å². The van der Waals surface area contributed by atoms with Crippen molar-refractivity contribution in [2.24, 2.45) is 5.92 Å². The van der Waals surface area contributed by atoms with Crippen molar-refractivity contribution in [3.05, 3.63) is 70.8 Å². The van der Waals surface area contributed by atoms with Crippen LogP contribution in [0.5, 0.6) is 0 Å². The third kappa shape index (κ3) is 3.41. The predicted octanol–water partition coefficient (Wildman–Crippen LogP) is 3.59. The highest BCUT2D eigenvalue weighted by Crippen LogP contribution is 2.41. The molecule has 0 bridgehead atoms. The Morgan fingerprint density at radius 3 is 2.52 bits per heavy atom. The van der Waals surface area contributed by atoms with Gasteiger partial charge in [0.1, 0.15) is 0 Å². The van der Waals surface area contributed by atoms with Crippen molar-refractivity contribution in [1.29, 1.82) is 0 Å². The minimum absolute atomic E-state index is 0. The van der Waals surface area contributed by atoms with Crippen LogP contribution in [0.3, 0.4) is 0 Å². The van der Waals surface area contributed by atoms with E-state index in [0.29, 0.717) is 5.92 Å². The monoisotopic (exact) mass is 328 g/mol. The van der Waals surface area contributed by atoms with Gasteiger partial charge < -0.3 is 10.6 Å². The topological polar surface area (TPSA) is 41.1 Å². The van der Waals surface area contributed by atoms with Gasteiger partial charge in [-0.1, -0.05) is 36.4 Å². The van der Waals surface area contributed by atoms with Gasteiger partial charge in [-0.25, -0.2) is 0 Å². The molecule has 1 saturated carbocycles. The van der Waals surface area contributed by atoms with E-state index in [-0.39, 0.29) is 24.4 Å². The van der Waals surface area contributed by atoms with Gasteiger partial charge in [0.2, 0.25) is 0 Å². The second-order valence-electron chi connectivity index (χ2n) is 6.29. The Kier molecular flexibility index (Phi) is 4.69. The molecule has 120 valence electrons. The Morgan fingerprint density at radius 2 is 1.78 bits per heavy atom. The molecule has 1 amide bonds. The van der Waals surface area contributed by atoms with Gasteiger partial charge in [-0.05, 0) is 47.6 Å². The fourth-order valence-electron chi connectivity index (χ4n) is 3.22. The minimum Gasteiger partial charge on any atom is -0.345 e. The second kappa shape index (κ2) is 6.73. The van der Waals surface area contributed by atoms with E-state index in [1.807, 2.05) is 30.3 Å².